The number of aliphatic hydroxyl groups excluding tert-OH is 1. The summed E-state index contributed by atoms with van der Waals surface area (Å²) < 4.78 is 5.39. The van der Waals surface area contributed by atoms with Gasteiger partial charge in [0.2, 0.25) is 0 Å². The lowest BCUT2D eigenvalue weighted by Crippen LogP contribution is -2.23. The first-order valence-electron chi connectivity index (χ1n) is 5.60. The van der Waals surface area contributed by atoms with Gasteiger partial charge in [-0.05, 0) is 23.6 Å². The van der Waals surface area contributed by atoms with Gasteiger partial charge in [-0.15, -0.1) is 0 Å². The molecule has 0 saturated carbocycles. The molecule has 4 nitrogen and oxygen atoms in total. The average molecular weight is 238 g/mol. The van der Waals surface area contributed by atoms with E-state index in [1.165, 1.54) is 0 Å². The van der Waals surface area contributed by atoms with Crippen LogP contribution >= 0.6 is 0 Å². The Bertz CT molecular complexity index is 356. The molecule has 0 aromatic heterocycles. The first-order valence-corrected chi connectivity index (χ1v) is 5.60. The normalized spacial score (nSPS) is 12.5. The lowest BCUT2D eigenvalue weighted by molar-refractivity contribution is -0.136. The molecule has 17 heavy (non-hydrogen) atoms. The molecule has 94 valence electrons. The number of aliphatic carboxylic acids is 1. The second kappa shape index (κ2) is 6.25. The van der Waals surface area contributed by atoms with E-state index in [9.17, 15) is 9.90 Å². The summed E-state index contributed by atoms with van der Waals surface area (Å²) in [4.78, 5) is 10.5. The molecule has 0 aliphatic heterocycles. The van der Waals surface area contributed by atoms with Gasteiger partial charge in [-0.2, -0.15) is 0 Å². The van der Waals surface area contributed by atoms with E-state index < -0.39 is 12.1 Å². The molecular weight excluding hydrogens is 220 g/mol. The van der Waals surface area contributed by atoms with Gasteiger partial charge in [-0.1, -0.05) is 26.0 Å². The van der Waals surface area contributed by atoms with Crippen molar-refractivity contribution in [3.63, 3.8) is 0 Å². The van der Waals surface area contributed by atoms with Crippen LogP contribution in [0.25, 0.3) is 0 Å². The molecule has 0 unspecified atom stereocenters. The largest absolute Gasteiger partial charge is 0.491 e. The summed E-state index contributed by atoms with van der Waals surface area (Å²) in [6, 6.07) is 6.85. The lowest BCUT2D eigenvalue weighted by Gasteiger charge is -2.15. The Labute approximate surface area is 101 Å². The van der Waals surface area contributed by atoms with Crippen LogP contribution in [0.15, 0.2) is 24.3 Å². The summed E-state index contributed by atoms with van der Waals surface area (Å²) >= 11 is 0. The maximum absolute atomic E-state index is 10.5. The van der Waals surface area contributed by atoms with Crippen molar-refractivity contribution >= 4 is 5.97 Å². The Kier molecular flexibility index (Phi) is 4.97. The molecule has 2 N–H and O–H groups in total. The predicted octanol–water partition coefficient (Wildman–Crippen LogP) is 1.71. The minimum atomic E-state index is -0.853. The summed E-state index contributed by atoms with van der Waals surface area (Å²) in [7, 11) is 0. The fraction of sp³-hybridized carbons (Fsp3) is 0.462. The SMILES string of the molecule is CC(C)[C@@H](O)COc1ccc(CC(=O)O)cc1. The van der Waals surface area contributed by atoms with Crippen LogP contribution in [0.1, 0.15) is 19.4 Å². The van der Waals surface area contributed by atoms with Crippen molar-refractivity contribution in [2.45, 2.75) is 26.4 Å². The molecule has 1 aromatic carbocycles. The van der Waals surface area contributed by atoms with E-state index in [1.807, 2.05) is 13.8 Å². The fourth-order valence-electron chi connectivity index (χ4n) is 1.25. The second-order valence-corrected chi connectivity index (χ2v) is 4.34. The molecule has 4 heteroatoms. The van der Waals surface area contributed by atoms with E-state index in [2.05, 4.69) is 0 Å². The number of carboxylic acids is 1. The van der Waals surface area contributed by atoms with Gasteiger partial charge >= 0.3 is 5.97 Å². The number of benzene rings is 1. The molecule has 0 heterocycles. The zero-order valence-electron chi connectivity index (χ0n) is 10.1. The van der Waals surface area contributed by atoms with E-state index >= 15 is 0 Å². The Morgan fingerprint density at radius 2 is 1.88 bits per heavy atom. The number of hydrogen-bond donors (Lipinski definition) is 2. The number of ether oxygens (including phenoxy) is 1. The molecule has 0 bridgehead atoms. The van der Waals surface area contributed by atoms with Crippen molar-refractivity contribution in [1.82, 2.24) is 0 Å². The van der Waals surface area contributed by atoms with Gasteiger partial charge < -0.3 is 14.9 Å². The summed E-state index contributed by atoms with van der Waals surface area (Å²) in [6.07, 6.45) is -0.483. The zero-order chi connectivity index (χ0) is 12.8. The molecule has 0 amide bonds. The third-order valence-electron chi connectivity index (χ3n) is 2.47. The minimum Gasteiger partial charge on any atom is -0.491 e. The topological polar surface area (TPSA) is 66.8 Å². The standard InChI is InChI=1S/C13H18O4/c1-9(2)12(14)8-17-11-5-3-10(4-6-11)7-13(15)16/h3-6,9,12,14H,7-8H2,1-2H3,(H,15,16)/t12-/m0/s1. The van der Waals surface area contributed by atoms with Crippen LogP contribution in [-0.2, 0) is 11.2 Å². The zero-order valence-corrected chi connectivity index (χ0v) is 10.1. The summed E-state index contributed by atoms with van der Waals surface area (Å²) in [5.41, 5.74) is 0.731. The molecule has 1 aromatic rings. The van der Waals surface area contributed by atoms with Crippen molar-refractivity contribution in [3.8, 4) is 5.75 Å². The van der Waals surface area contributed by atoms with Crippen LogP contribution in [0.3, 0.4) is 0 Å². The molecule has 0 spiro atoms. The van der Waals surface area contributed by atoms with Crippen LogP contribution in [0.2, 0.25) is 0 Å². The molecule has 0 saturated heterocycles. The van der Waals surface area contributed by atoms with E-state index in [-0.39, 0.29) is 18.9 Å². The highest BCUT2D eigenvalue weighted by Gasteiger charge is 2.09. The number of hydrogen-bond acceptors (Lipinski definition) is 3. The summed E-state index contributed by atoms with van der Waals surface area (Å²) in [6.45, 7) is 4.09. The first kappa shape index (κ1) is 13.5. The maximum atomic E-state index is 10.5. The predicted molar refractivity (Wildman–Crippen MR) is 64.1 cm³/mol. The van der Waals surface area contributed by atoms with Crippen LogP contribution in [0, 0.1) is 5.92 Å². The molecular formula is C13H18O4. The van der Waals surface area contributed by atoms with Gasteiger partial charge in [0, 0.05) is 0 Å². The van der Waals surface area contributed by atoms with Crippen molar-refractivity contribution in [2.75, 3.05) is 6.61 Å². The first-order chi connectivity index (χ1) is 7.99. The molecule has 0 fully saturated rings. The van der Waals surface area contributed by atoms with E-state index in [0.717, 1.165) is 5.56 Å². The Balaban J connectivity index is 2.48. The monoisotopic (exact) mass is 238 g/mol. The van der Waals surface area contributed by atoms with Crippen LogP contribution in [0.4, 0.5) is 0 Å². The Morgan fingerprint density at radius 3 is 2.35 bits per heavy atom. The summed E-state index contributed by atoms with van der Waals surface area (Å²) in [5.74, 6) is -0.0611. The lowest BCUT2D eigenvalue weighted by atomic mass is 10.1. The van der Waals surface area contributed by atoms with Crippen LogP contribution in [0.5, 0.6) is 5.75 Å². The van der Waals surface area contributed by atoms with Gasteiger partial charge in [-0.25, -0.2) is 0 Å². The fourth-order valence-corrected chi connectivity index (χ4v) is 1.25. The third-order valence-corrected chi connectivity index (χ3v) is 2.47. The quantitative estimate of drug-likeness (QED) is 0.791. The average Bonchev–Trinajstić information content (AvgIpc) is 2.26. The molecule has 0 aliphatic carbocycles. The van der Waals surface area contributed by atoms with Crippen molar-refractivity contribution in [1.29, 1.82) is 0 Å². The minimum absolute atomic E-state index is 0.00883. The van der Waals surface area contributed by atoms with Gasteiger partial charge in [0.1, 0.15) is 12.4 Å². The number of carbonyl (C=O) groups is 1. The van der Waals surface area contributed by atoms with E-state index in [4.69, 9.17) is 9.84 Å². The Morgan fingerprint density at radius 1 is 1.29 bits per heavy atom. The Hall–Kier alpha value is -1.55. The summed E-state index contributed by atoms with van der Waals surface area (Å²) in [5, 5.41) is 18.2. The van der Waals surface area contributed by atoms with Crippen LogP contribution < -0.4 is 4.74 Å². The number of aliphatic hydroxyl groups is 1. The molecule has 1 atom stereocenters. The van der Waals surface area contributed by atoms with Gasteiger partial charge in [-0.3, -0.25) is 4.79 Å². The third kappa shape index (κ3) is 4.87. The molecule has 0 aliphatic rings. The van der Waals surface area contributed by atoms with Crippen molar-refractivity contribution in [3.05, 3.63) is 29.8 Å². The second-order valence-electron chi connectivity index (χ2n) is 4.34. The highest BCUT2D eigenvalue weighted by atomic mass is 16.5. The maximum Gasteiger partial charge on any atom is 0.307 e. The molecule has 1 rings (SSSR count). The van der Waals surface area contributed by atoms with Crippen molar-refractivity contribution < 1.29 is 19.7 Å². The van der Waals surface area contributed by atoms with E-state index in [0.29, 0.717) is 5.75 Å². The number of carboxylic acid groups (broad SMARTS) is 1. The smallest absolute Gasteiger partial charge is 0.307 e. The van der Waals surface area contributed by atoms with Gasteiger partial charge in [0.15, 0.2) is 0 Å². The van der Waals surface area contributed by atoms with Crippen LogP contribution in [-0.4, -0.2) is 28.9 Å². The van der Waals surface area contributed by atoms with Gasteiger partial charge in [0.25, 0.3) is 0 Å². The molecule has 0 radical (unpaired) electrons. The van der Waals surface area contributed by atoms with E-state index in [1.54, 1.807) is 24.3 Å². The number of rotatable bonds is 6. The highest BCUT2D eigenvalue weighted by molar-refractivity contribution is 5.70. The van der Waals surface area contributed by atoms with Gasteiger partial charge in [0.05, 0.1) is 12.5 Å². The highest BCUT2D eigenvalue weighted by Crippen LogP contribution is 2.14. The van der Waals surface area contributed by atoms with Crippen molar-refractivity contribution in [2.24, 2.45) is 5.92 Å².